The van der Waals surface area contributed by atoms with E-state index in [4.69, 9.17) is 5.11 Å². The fourth-order valence-corrected chi connectivity index (χ4v) is 2.82. The van der Waals surface area contributed by atoms with Crippen LogP contribution in [-0.4, -0.2) is 16.0 Å². The van der Waals surface area contributed by atoms with Crippen molar-refractivity contribution in [3.8, 4) is 0 Å². The molecule has 0 aliphatic heterocycles. The molecule has 2 aromatic carbocycles. The predicted molar refractivity (Wildman–Crippen MR) is 78.3 cm³/mol. The minimum absolute atomic E-state index is 0.0577. The molecule has 0 heterocycles. The van der Waals surface area contributed by atoms with Crippen LogP contribution in [0.2, 0.25) is 0 Å². The van der Waals surface area contributed by atoms with Crippen LogP contribution in [0.4, 0.5) is 10.1 Å². The second kappa shape index (κ2) is 6.23. The van der Waals surface area contributed by atoms with Crippen LogP contribution in [0.15, 0.2) is 50.7 Å². The molecule has 2 rings (SSSR count). The van der Waals surface area contributed by atoms with Gasteiger partial charge in [0.05, 0.1) is 16.6 Å². The molecule has 21 heavy (non-hydrogen) atoms. The van der Waals surface area contributed by atoms with Crippen molar-refractivity contribution in [2.24, 2.45) is 0 Å². The quantitative estimate of drug-likeness (QED) is 0.638. The van der Waals surface area contributed by atoms with Crippen molar-refractivity contribution in [3.63, 3.8) is 0 Å². The van der Waals surface area contributed by atoms with Crippen molar-refractivity contribution in [3.05, 3.63) is 62.4 Å². The lowest BCUT2D eigenvalue weighted by molar-refractivity contribution is -0.385. The summed E-state index contributed by atoms with van der Waals surface area (Å²) in [7, 11) is 0. The number of nitro groups is 1. The van der Waals surface area contributed by atoms with Gasteiger partial charge in [-0.05, 0) is 40.2 Å². The van der Waals surface area contributed by atoms with E-state index in [1.54, 1.807) is 12.1 Å². The van der Waals surface area contributed by atoms with E-state index in [2.05, 4.69) is 15.9 Å². The Morgan fingerprint density at radius 3 is 2.57 bits per heavy atom. The molecule has 0 aromatic heterocycles. The van der Waals surface area contributed by atoms with Crippen molar-refractivity contribution < 1.29 is 19.2 Å². The molecule has 0 saturated heterocycles. The second-order valence-corrected chi connectivity index (χ2v) is 5.89. The highest BCUT2D eigenvalue weighted by Crippen LogP contribution is 2.33. The molecule has 8 heteroatoms. The van der Waals surface area contributed by atoms with E-state index in [-0.39, 0.29) is 16.1 Å². The van der Waals surface area contributed by atoms with Gasteiger partial charge in [0, 0.05) is 20.3 Å². The van der Waals surface area contributed by atoms with Crippen LogP contribution < -0.4 is 0 Å². The maximum absolute atomic E-state index is 13.8. The zero-order chi connectivity index (χ0) is 15.6. The van der Waals surface area contributed by atoms with Gasteiger partial charge in [-0.1, -0.05) is 11.8 Å². The fraction of sp³-hybridized carbons (Fsp3) is 0. The van der Waals surface area contributed by atoms with E-state index in [1.165, 1.54) is 18.2 Å². The molecular formula is C13H7BrFNO4S. The Morgan fingerprint density at radius 1 is 1.29 bits per heavy atom. The number of aromatic carboxylic acids is 1. The number of nitrogens with zero attached hydrogens (tertiary/aromatic N) is 1. The number of halogens is 2. The van der Waals surface area contributed by atoms with Crippen LogP contribution in [0.5, 0.6) is 0 Å². The predicted octanol–water partition coefficient (Wildman–Crippen LogP) is 4.35. The summed E-state index contributed by atoms with van der Waals surface area (Å²) in [5.74, 6) is -1.83. The summed E-state index contributed by atoms with van der Waals surface area (Å²) in [4.78, 5) is 21.6. The van der Waals surface area contributed by atoms with Crippen LogP contribution >= 0.6 is 27.7 Å². The lowest BCUT2D eigenvalue weighted by Crippen LogP contribution is -1.97. The van der Waals surface area contributed by atoms with Crippen LogP contribution in [0.25, 0.3) is 0 Å². The third-order valence-corrected chi connectivity index (χ3v) is 4.25. The Bertz CT molecular complexity index is 738. The molecule has 0 spiro atoms. The van der Waals surface area contributed by atoms with Crippen molar-refractivity contribution in [2.75, 3.05) is 0 Å². The maximum atomic E-state index is 13.8. The number of non-ortho nitro benzene ring substituents is 1. The van der Waals surface area contributed by atoms with Gasteiger partial charge in [-0.2, -0.15) is 0 Å². The van der Waals surface area contributed by atoms with Crippen molar-refractivity contribution in [1.82, 2.24) is 0 Å². The molecule has 1 N–H and O–H groups in total. The summed E-state index contributed by atoms with van der Waals surface area (Å²) < 4.78 is 14.2. The molecule has 5 nitrogen and oxygen atoms in total. The van der Waals surface area contributed by atoms with Gasteiger partial charge in [0.25, 0.3) is 5.69 Å². The summed E-state index contributed by atoms with van der Waals surface area (Å²) in [6.07, 6.45) is 0. The van der Waals surface area contributed by atoms with Crippen LogP contribution in [-0.2, 0) is 0 Å². The number of carboxylic acids is 1. The average molecular weight is 372 g/mol. The first-order valence-corrected chi connectivity index (χ1v) is 7.14. The van der Waals surface area contributed by atoms with E-state index in [0.717, 1.165) is 17.8 Å². The average Bonchev–Trinajstić information content (AvgIpc) is 2.42. The van der Waals surface area contributed by atoms with Crippen LogP contribution in [0.1, 0.15) is 10.4 Å². The molecule has 0 saturated carbocycles. The lowest BCUT2D eigenvalue weighted by Gasteiger charge is -2.05. The Labute approximate surface area is 131 Å². The summed E-state index contributed by atoms with van der Waals surface area (Å²) in [5, 5.41) is 19.6. The highest BCUT2D eigenvalue weighted by Gasteiger charge is 2.14. The van der Waals surface area contributed by atoms with Crippen molar-refractivity contribution >= 4 is 39.3 Å². The Morgan fingerprint density at radius 2 is 2.00 bits per heavy atom. The number of rotatable bonds is 4. The zero-order valence-electron chi connectivity index (χ0n) is 10.2. The zero-order valence-corrected chi connectivity index (χ0v) is 12.6. The molecule has 0 atom stereocenters. The van der Waals surface area contributed by atoms with Gasteiger partial charge in [-0.15, -0.1) is 0 Å². The third kappa shape index (κ3) is 3.59. The minimum atomic E-state index is -1.10. The first-order chi connectivity index (χ1) is 9.88. The van der Waals surface area contributed by atoms with Crippen molar-refractivity contribution in [2.45, 2.75) is 9.79 Å². The smallest absolute Gasteiger partial charge is 0.336 e. The van der Waals surface area contributed by atoms with Gasteiger partial charge in [0.2, 0.25) is 0 Å². The summed E-state index contributed by atoms with van der Waals surface area (Å²) >= 11 is 4.11. The molecule has 0 aliphatic carbocycles. The van der Waals surface area contributed by atoms with Gasteiger partial charge in [0.15, 0.2) is 0 Å². The van der Waals surface area contributed by atoms with Gasteiger partial charge in [-0.25, -0.2) is 9.18 Å². The highest BCUT2D eigenvalue weighted by molar-refractivity contribution is 9.10. The van der Waals surface area contributed by atoms with Gasteiger partial charge >= 0.3 is 5.97 Å². The third-order valence-electron chi connectivity index (χ3n) is 2.52. The van der Waals surface area contributed by atoms with Gasteiger partial charge in [-0.3, -0.25) is 10.1 Å². The number of benzene rings is 2. The highest BCUT2D eigenvalue weighted by atomic mass is 79.9. The van der Waals surface area contributed by atoms with Crippen LogP contribution in [0.3, 0.4) is 0 Å². The first kappa shape index (κ1) is 15.5. The molecule has 0 bridgehead atoms. The second-order valence-electron chi connectivity index (χ2n) is 3.92. The summed E-state index contributed by atoms with van der Waals surface area (Å²) in [6.45, 7) is 0. The monoisotopic (exact) mass is 371 g/mol. The number of nitro benzene ring substituents is 1. The number of hydrogen-bond donors (Lipinski definition) is 1. The normalized spacial score (nSPS) is 10.4. The maximum Gasteiger partial charge on any atom is 0.336 e. The van der Waals surface area contributed by atoms with Gasteiger partial charge in [0.1, 0.15) is 5.82 Å². The SMILES string of the molecule is O=C(O)c1cc(Sc2ccc([N+](=O)[O-])cc2F)ccc1Br. The topological polar surface area (TPSA) is 80.4 Å². The molecule has 0 aliphatic rings. The molecule has 2 aromatic rings. The van der Waals surface area contributed by atoms with E-state index in [0.29, 0.717) is 9.37 Å². The Hall–Kier alpha value is -1.93. The number of hydrogen-bond acceptors (Lipinski definition) is 4. The Kier molecular flexibility index (Phi) is 4.59. The molecule has 0 unspecified atom stereocenters. The summed E-state index contributed by atoms with van der Waals surface area (Å²) in [5.41, 5.74) is -0.277. The largest absolute Gasteiger partial charge is 0.478 e. The fourth-order valence-electron chi connectivity index (χ4n) is 1.54. The molecule has 108 valence electrons. The lowest BCUT2D eigenvalue weighted by atomic mass is 10.2. The summed E-state index contributed by atoms with van der Waals surface area (Å²) in [6, 6.07) is 7.90. The number of carboxylic acid groups (broad SMARTS) is 1. The van der Waals surface area contributed by atoms with E-state index in [9.17, 15) is 19.3 Å². The first-order valence-electron chi connectivity index (χ1n) is 5.53. The van der Waals surface area contributed by atoms with E-state index < -0.39 is 16.7 Å². The molecule has 0 fully saturated rings. The standard InChI is InChI=1S/C13H7BrFNO4S/c14-10-3-2-8(6-9(10)13(17)18)21-12-4-1-7(16(19)20)5-11(12)15/h1-6H,(H,17,18). The van der Waals surface area contributed by atoms with E-state index in [1.807, 2.05) is 0 Å². The minimum Gasteiger partial charge on any atom is -0.478 e. The molecular weight excluding hydrogens is 365 g/mol. The van der Waals surface area contributed by atoms with Crippen LogP contribution in [0, 0.1) is 15.9 Å². The molecule has 0 amide bonds. The van der Waals surface area contributed by atoms with Gasteiger partial charge < -0.3 is 5.11 Å². The van der Waals surface area contributed by atoms with Crippen molar-refractivity contribution in [1.29, 1.82) is 0 Å². The Balaban J connectivity index is 2.32. The number of carbonyl (C=O) groups is 1. The van der Waals surface area contributed by atoms with E-state index >= 15 is 0 Å². The molecule has 0 radical (unpaired) electrons.